The number of likely N-dealkylation sites (tertiary alicyclic amines) is 1. The number of carbonyl (C=O) groups is 2. The lowest BCUT2D eigenvalue weighted by molar-refractivity contribution is -0.143. The molecule has 0 unspecified atom stereocenters. The second kappa shape index (κ2) is 12.5. The fourth-order valence-electron chi connectivity index (χ4n) is 6.13. The number of pyridine rings is 1. The van der Waals surface area contributed by atoms with Gasteiger partial charge in [-0.05, 0) is 80.3 Å². The molecular weight excluding hydrogens is 624 g/mol. The van der Waals surface area contributed by atoms with Gasteiger partial charge in [-0.2, -0.15) is 18.3 Å². The first-order valence-electron chi connectivity index (χ1n) is 15.1. The molecule has 0 atom stereocenters. The third kappa shape index (κ3) is 6.24. The number of carboxylic acid groups (broad SMARTS) is 1. The highest BCUT2D eigenvalue weighted by Gasteiger charge is 2.41. The fraction of sp³-hybridized carbons (Fsp3) is 0.394. The highest BCUT2D eigenvalue weighted by molar-refractivity contribution is 7.15. The van der Waals surface area contributed by atoms with Crippen LogP contribution in [0.1, 0.15) is 76.1 Å². The van der Waals surface area contributed by atoms with Gasteiger partial charge >= 0.3 is 12.1 Å². The van der Waals surface area contributed by atoms with E-state index in [1.54, 1.807) is 12.1 Å². The topological polar surface area (TPSA) is 97.6 Å². The third-order valence-corrected chi connectivity index (χ3v) is 9.65. The van der Waals surface area contributed by atoms with Gasteiger partial charge in [0.05, 0.1) is 16.8 Å². The molecule has 1 amide bonds. The van der Waals surface area contributed by atoms with Gasteiger partial charge in [0.1, 0.15) is 12.2 Å². The number of amides is 1. The van der Waals surface area contributed by atoms with Crippen molar-refractivity contribution in [3.05, 3.63) is 81.2 Å². The maximum Gasteiger partial charge on any atom is 0.434 e. The van der Waals surface area contributed by atoms with Crippen molar-refractivity contribution >= 4 is 23.2 Å². The molecule has 242 valence electrons. The average molecular weight is 657 g/mol. The summed E-state index contributed by atoms with van der Waals surface area (Å²) in [5, 5.41) is 12.9. The smallest absolute Gasteiger partial charge is 0.434 e. The number of benzene rings is 1. The Balaban J connectivity index is 1.22. The van der Waals surface area contributed by atoms with E-state index >= 15 is 4.39 Å². The van der Waals surface area contributed by atoms with Crippen LogP contribution in [0, 0.1) is 18.7 Å². The Morgan fingerprint density at radius 2 is 1.85 bits per heavy atom. The Kier molecular flexibility index (Phi) is 8.62. The van der Waals surface area contributed by atoms with Crippen molar-refractivity contribution in [2.45, 2.75) is 64.7 Å². The van der Waals surface area contributed by atoms with E-state index in [1.807, 2.05) is 30.9 Å². The highest BCUT2D eigenvalue weighted by atomic mass is 32.1. The van der Waals surface area contributed by atoms with Crippen molar-refractivity contribution in [3.63, 3.8) is 0 Å². The van der Waals surface area contributed by atoms with Crippen molar-refractivity contribution in [2.24, 2.45) is 5.92 Å². The van der Waals surface area contributed by atoms with E-state index in [0.29, 0.717) is 52.1 Å². The Hall–Kier alpha value is -4.26. The summed E-state index contributed by atoms with van der Waals surface area (Å²) in [5.41, 5.74) is 0.145. The second-order valence-electron chi connectivity index (χ2n) is 11.7. The number of piperidine rings is 1. The molecule has 0 spiro atoms. The molecule has 2 aliphatic rings. The number of thiophene rings is 1. The summed E-state index contributed by atoms with van der Waals surface area (Å²) in [4.78, 5) is 31.7. The minimum absolute atomic E-state index is 0.00853. The normalized spacial score (nSPS) is 15.7. The van der Waals surface area contributed by atoms with Crippen LogP contribution in [0.3, 0.4) is 0 Å². The number of aromatic nitrogens is 3. The first kappa shape index (κ1) is 31.7. The molecule has 46 heavy (non-hydrogen) atoms. The maximum absolute atomic E-state index is 15.8. The molecule has 1 aliphatic heterocycles. The molecule has 0 bridgehead atoms. The molecule has 8 nitrogen and oxygen atoms in total. The Morgan fingerprint density at radius 1 is 1.11 bits per heavy atom. The molecule has 0 radical (unpaired) electrons. The number of aryl methyl sites for hydroxylation is 1. The van der Waals surface area contributed by atoms with Gasteiger partial charge in [-0.25, -0.2) is 18.9 Å². The maximum atomic E-state index is 15.8. The predicted octanol–water partition coefficient (Wildman–Crippen LogP) is 7.42. The number of nitrogens with zero attached hydrogens (tertiary/aromatic N) is 4. The quantitative estimate of drug-likeness (QED) is 0.189. The number of alkyl halides is 3. The van der Waals surface area contributed by atoms with E-state index in [2.05, 4.69) is 10.1 Å². The fourth-order valence-corrected chi connectivity index (χ4v) is 7.12. The molecule has 4 heterocycles. The molecule has 4 aromatic rings. The predicted molar refractivity (Wildman–Crippen MR) is 163 cm³/mol. The van der Waals surface area contributed by atoms with Crippen molar-refractivity contribution in [3.8, 4) is 22.1 Å². The van der Waals surface area contributed by atoms with Gasteiger partial charge in [0.15, 0.2) is 23.1 Å². The Bertz CT molecular complexity index is 1790. The standard InChI is InChI=1S/C33H32F4N4O4S/c1-3-22-23(19-11-13-40(14-12-19)31(42)20-7-8-20)9-10-26(28(22)34)45-17-21-15-18(2)46-29(21)25-5-4-6-27(39-25)41-30(33(35,36)37)24(16-38-41)32(43)44/h4-6,9-10,15-16,19-20H,3,7-8,11-14,17H2,1-2H3,(H,43,44). The van der Waals surface area contributed by atoms with Gasteiger partial charge in [-0.1, -0.05) is 19.1 Å². The Labute approximate surface area is 266 Å². The zero-order valence-electron chi connectivity index (χ0n) is 25.2. The van der Waals surface area contributed by atoms with E-state index in [0.717, 1.165) is 36.1 Å². The molecule has 13 heteroatoms. The molecule has 1 N–H and O–H groups in total. The highest BCUT2D eigenvalue weighted by Crippen LogP contribution is 2.39. The van der Waals surface area contributed by atoms with Gasteiger partial charge in [0.2, 0.25) is 5.91 Å². The van der Waals surface area contributed by atoms with Crippen LogP contribution in [0.25, 0.3) is 16.4 Å². The summed E-state index contributed by atoms with van der Waals surface area (Å²) in [5.74, 6) is -1.68. The van der Waals surface area contributed by atoms with Crippen LogP contribution in [-0.4, -0.2) is 49.7 Å². The summed E-state index contributed by atoms with van der Waals surface area (Å²) in [7, 11) is 0. The van der Waals surface area contributed by atoms with E-state index in [9.17, 15) is 27.9 Å². The summed E-state index contributed by atoms with van der Waals surface area (Å²) < 4.78 is 63.8. The number of ether oxygens (including phenoxy) is 1. The van der Waals surface area contributed by atoms with Gasteiger partial charge < -0.3 is 14.7 Å². The van der Waals surface area contributed by atoms with Gasteiger partial charge in [-0.3, -0.25) is 4.79 Å². The molecule has 6 rings (SSSR count). The van der Waals surface area contributed by atoms with E-state index < -0.39 is 29.2 Å². The zero-order chi connectivity index (χ0) is 32.7. The van der Waals surface area contributed by atoms with Crippen molar-refractivity contribution in [1.82, 2.24) is 19.7 Å². The van der Waals surface area contributed by atoms with Crippen LogP contribution in [0.4, 0.5) is 17.6 Å². The van der Waals surface area contributed by atoms with Gasteiger partial charge in [-0.15, -0.1) is 11.3 Å². The lowest BCUT2D eigenvalue weighted by Gasteiger charge is -2.33. The number of hydrogen-bond acceptors (Lipinski definition) is 6. The van der Waals surface area contributed by atoms with Crippen LogP contribution in [0.2, 0.25) is 0 Å². The molecule has 1 saturated heterocycles. The number of halogens is 4. The number of carbonyl (C=O) groups excluding carboxylic acids is 1. The minimum atomic E-state index is -4.98. The van der Waals surface area contributed by atoms with Gasteiger partial charge in [0.25, 0.3) is 0 Å². The molecule has 1 aromatic carbocycles. The van der Waals surface area contributed by atoms with Gasteiger partial charge in [0, 0.05) is 29.4 Å². The first-order chi connectivity index (χ1) is 22.0. The lowest BCUT2D eigenvalue weighted by atomic mass is 9.85. The zero-order valence-corrected chi connectivity index (χ0v) is 26.1. The van der Waals surface area contributed by atoms with Crippen LogP contribution in [-0.2, 0) is 24.0 Å². The summed E-state index contributed by atoms with van der Waals surface area (Å²) >= 11 is 1.36. The molecule has 1 aliphatic carbocycles. The summed E-state index contributed by atoms with van der Waals surface area (Å²) in [6, 6.07) is 9.86. The molecule has 3 aromatic heterocycles. The van der Waals surface area contributed by atoms with Crippen LogP contribution in [0.15, 0.2) is 42.6 Å². The number of hydrogen-bond donors (Lipinski definition) is 1. The van der Waals surface area contributed by atoms with E-state index in [-0.39, 0.29) is 35.9 Å². The third-order valence-electron chi connectivity index (χ3n) is 8.54. The minimum Gasteiger partial charge on any atom is -0.486 e. The summed E-state index contributed by atoms with van der Waals surface area (Å²) in [6.07, 6.45) is -0.323. The van der Waals surface area contributed by atoms with E-state index in [4.69, 9.17) is 4.74 Å². The number of carboxylic acids is 1. The van der Waals surface area contributed by atoms with E-state index in [1.165, 1.54) is 23.5 Å². The number of rotatable bonds is 9. The first-order valence-corrected chi connectivity index (χ1v) is 16.0. The lowest BCUT2D eigenvalue weighted by Crippen LogP contribution is -2.38. The van der Waals surface area contributed by atoms with Crippen molar-refractivity contribution < 1.29 is 37.0 Å². The summed E-state index contributed by atoms with van der Waals surface area (Å²) in [6.45, 7) is 5.11. The molecule has 2 fully saturated rings. The van der Waals surface area contributed by atoms with Crippen LogP contribution < -0.4 is 4.74 Å². The molecular formula is C33H32F4N4O4S. The SMILES string of the molecule is CCc1c(C2CCN(C(=O)C3CC3)CC2)ccc(OCc2cc(C)sc2-c2cccc(-n3ncc(C(=O)O)c3C(F)(F)F)n2)c1F. The molecule has 1 saturated carbocycles. The monoisotopic (exact) mass is 656 g/mol. The van der Waals surface area contributed by atoms with Crippen LogP contribution >= 0.6 is 11.3 Å². The van der Waals surface area contributed by atoms with Crippen molar-refractivity contribution in [2.75, 3.05) is 13.1 Å². The Morgan fingerprint density at radius 3 is 2.50 bits per heavy atom. The van der Waals surface area contributed by atoms with Crippen molar-refractivity contribution in [1.29, 1.82) is 0 Å². The number of aromatic carboxylic acids is 1. The average Bonchev–Trinajstić information content (AvgIpc) is 3.66. The second-order valence-corrected chi connectivity index (χ2v) is 12.9. The largest absolute Gasteiger partial charge is 0.486 e. The van der Waals surface area contributed by atoms with Crippen LogP contribution in [0.5, 0.6) is 5.75 Å².